The standard InChI is InChI=1S/C14H14N6OS2/c1-20-14(17-18-19-20)23-9-13(21)16-8-10-4-5-15-11(7-10)12-3-2-6-22-12/h2-7H,8-9H2,1H3,(H,16,21). The van der Waals surface area contributed by atoms with E-state index in [1.54, 1.807) is 24.6 Å². The van der Waals surface area contributed by atoms with Gasteiger partial charge in [0.2, 0.25) is 11.1 Å². The van der Waals surface area contributed by atoms with Gasteiger partial charge in [0.15, 0.2) is 0 Å². The average Bonchev–Trinajstić information content (AvgIpc) is 3.23. The highest BCUT2D eigenvalue weighted by atomic mass is 32.2. The summed E-state index contributed by atoms with van der Waals surface area (Å²) in [6, 6.07) is 7.92. The van der Waals surface area contributed by atoms with Crippen LogP contribution in [-0.2, 0) is 18.4 Å². The van der Waals surface area contributed by atoms with Crippen LogP contribution in [0.4, 0.5) is 0 Å². The number of nitrogens with one attached hydrogen (secondary N) is 1. The van der Waals surface area contributed by atoms with Crippen LogP contribution in [0.2, 0.25) is 0 Å². The highest BCUT2D eigenvalue weighted by Crippen LogP contribution is 2.23. The zero-order chi connectivity index (χ0) is 16.1. The Morgan fingerprint density at radius 2 is 2.35 bits per heavy atom. The Morgan fingerprint density at radius 3 is 3.09 bits per heavy atom. The van der Waals surface area contributed by atoms with Gasteiger partial charge in [-0.1, -0.05) is 17.8 Å². The number of aromatic nitrogens is 5. The minimum Gasteiger partial charge on any atom is -0.351 e. The maximum atomic E-state index is 11.9. The number of hydrogen-bond donors (Lipinski definition) is 1. The van der Waals surface area contributed by atoms with Crippen LogP contribution in [0.25, 0.3) is 10.6 Å². The van der Waals surface area contributed by atoms with Crippen LogP contribution in [0.3, 0.4) is 0 Å². The van der Waals surface area contributed by atoms with Gasteiger partial charge in [0, 0.05) is 19.8 Å². The van der Waals surface area contributed by atoms with Crippen molar-refractivity contribution in [2.45, 2.75) is 11.7 Å². The van der Waals surface area contributed by atoms with Gasteiger partial charge < -0.3 is 5.32 Å². The molecule has 0 aromatic carbocycles. The van der Waals surface area contributed by atoms with Crippen LogP contribution in [0.15, 0.2) is 41.0 Å². The van der Waals surface area contributed by atoms with Gasteiger partial charge in [-0.25, -0.2) is 4.68 Å². The molecule has 0 fully saturated rings. The van der Waals surface area contributed by atoms with Gasteiger partial charge in [-0.15, -0.1) is 16.4 Å². The van der Waals surface area contributed by atoms with Gasteiger partial charge in [0.25, 0.3) is 0 Å². The molecule has 3 aromatic rings. The van der Waals surface area contributed by atoms with Gasteiger partial charge in [0.05, 0.1) is 16.3 Å². The summed E-state index contributed by atoms with van der Waals surface area (Å²) in [7, 11) is 1.74. The van der Waals surface area contributed by atoms with Crippen molar-refractivity contribution < 1.29 is 4.79 Å². The molecule has 0 aliphatic heterocycles. The molecule has 0 saturated carbocycles. The van der Waals surface area contributed by atoms with E-state index in [0.29, 0.717) is 11.7 Å². The second-order valence-corrected chi connectivity index (χ2v) is 6.57. The molecule has 0 aliphatic rings. The smallest absolute Gasteiger partial charge is 0.230 e. The zero-order valence-corrected chi connectivity index (χ0v) is 14.0. The molecule has 23 heavy (non-hydrogen) atoms. The van der Waals surface area contributed by atoms with E-state index in [1.807, 2.05) is 29.6 Å². The summed E-state index contributed by atoms with van der Waals surface area (Å²) in [5.41, 5.74) is 1.94. The normalized spacial score (nSPS) is 10.7. The van der Waals surface area contributed by atoms with Crippen molar-refractivity contribution in [2.75, 3.05) is 5.75 Å². The first kappa shape index (κ1) is 15.6. The molecular weight excluding hydrogens is 332 g/mol. The molecule has 3 rings (SSSR count). The fraction of sp³-hybridized carbons (Fsp3) is 0.214. The molecular formula is C14H14N6OS2. The van der Waals surface area contributed by atoms with Crippen LogP contribution < -0.4 is 5.32 Å². The summed E-state index contributed by atoms with van der Waals surface area (Å²) in [6.45, 7) is 0.470. The zero-order valence-electron chi connectivity index (χ0n) is 12.3. The molecule has 1 amide bonds. The summed E-state index contributed by atoms with van der Waals surface area (Å²) >= 11 is 2.95. The highest BCUT2D eigenvalue weighted by Gasteiger charge is 2.08. The molecule has 3 heterocycles. The maximum absolute atomic E-state index is 11.9. The van der Waals surface area contributed by atoms with Crippen LogP contribution >= 0.6 is 23.1 Å². The first-order valence-electron chi connectivity index (χ1n) is 6.83. The SMILES string of the molecule is Cn1nnnc1SCC(=O)NCc1ccnc(-c2cccs2)c1. The number of thioether (sulfide) groups is 1. The van der Waals surface area contributed by atoms with E-state index in [9.17, 15) is 4.79 Å². The van der Waals surface area contributed by atoms with E-state index in [0.717, 1.165) is 16.1 Å². The van der Waals surface area contributed by atoms with E-state index in [-0.39, 0.29) is 11.7 Å². The number of rotatable bonds is 6. The Balaban J connectivity index is 1.53. The number of nitrogens with zero attached hydrogens (tertiary/aromatic N) is 5. The molecule has 0 saturated heterocycles. The lowest BCUT2D eigenvalue weighted by atomic mass is 10.2. The fourth-order valence-electron chi connectivity index (χ4n) is 1.87. The molecule has 0 spiro atoms. The quantitative estimate of drug-likeness (QED) is 0.684. The Bertz CT molecular complexity index is 786. The summed E-state index contributed by atoms with van der Waals surface area (Å²) < 4.78 is 1.54. The Labute approximate surface area is 141 Å². The van der Waals surface area contributed by atoms with Gasteiger partial charge in [-0.3, -0.25) is 9.78 Å². The van der Waals surface area contributed by atoms with Crippen LogP contribution in [-0.4, -0.2) is 36.9 Å². The van der Waals surface area contributed by atoms with Crippen molar-refractivity contribution in [1.82, 2.24) is 30.5 Å². The second kappa shape index (κ2) is 7.34. The topological polar surface area (TPSA) is 85.6 Å². The van der Waals surface area contributed by atoms with Crippen molar-refractivity contribution in [2.24, 2.45) is 7.05 Å². The van der Waals surface area contributed by atoms with E-state index in [4.69, 9.17) is 0 Å². The molecule has 0 aliphatic carbocycles. The van der Waals surface area contributed by atoms with E-state index in [1.165, 1.54) is 16.4 Å². The third kappa shape index (κ3) is 4.14. The predicted octanol–water partition coefficient (Wildman–Crippen LogP) is 1.74. The third-order valence-electron chi connectivity index (χ3n) is 3.00. The summed E-state index contributed by atoms with van der Waals surface area (Å²) in [5, 5.41) is 16.6. The molecule has 3 aromatic heterocycles. The van der Waals surface area contributed by atoms with Crippen LogP contribution in [0, 0.1) is 0 Å². The molecule has 9 heteroatoms. The van der Waals surface area contributed by atoms with Gasteiger partial charge in [0.1, 0.15) is 0 Å². The van der Waals surface area contributed by atoms with E-state index < -0.39 is 0 Å². The Kier molecular flexibility index (Phi) is 4.99. The van der Waals surface area contributed by atoms with Gasteiger partial charge in [-0.05, 0) is 39.6 Å². The molecule has 1 N–H and O–H groups in total. The lowest BCUT2D eigenvalue weighted by Gasteiger charge is -2.06. The minimum atomic E-state index is -0.0625. The molecule has 0 atom stereocenters. The Hall–Kier alpha value is -2.26. The summed E-state index contributed by atoms with van der Waals surface area (Å²) in [5.74, 6) is 0.212. The number of pyridine rings is 1. The van der Waals surface area contributed by atoms with Crippen molar-refractivity contribution in [1.29, 1.82) is 0 Å². The summed E-state index contributed by atoms with van der Waals surface area (Å²) in [6.07, 6.45) is 1.76. The number of carbonyl (C=O) groups excluding carboxylic acids is 1. The van der Waals surface area contributed by atoms with Crippen molar-refractivity contribution in [3.63, 3.8) is 0 Å². The average molecular weight is 346 g/mol. The minimum absolute atomic E-state index is 0.0625. The van der Waals surface area contributed by atoms with E-state index in [2.05, 4.69) is 25.8 Å². The molecule has 118 valence electrons. The number of hydrogen-bond acceptors (Lipinski definition) is 7. The number of tetrazole rings is 1. The van der Waals surface area contributed by atoms with Crippen molar-refractivity contribution >= 4 is 29.0 Å². The first-order chi connectivity index (χ1) is 11.2. The molecule has 0 unspecified atom stereocenters. The van der Waals surface area contributed by atoms with Gasteiger partial charge in [-0.2, -0.15) is 0 Å². The molecule has 0 bridgehead atoms. The summed E-state index contributed by atoms with van der Waals surface area (Å²) in [4.78, 5) is 17.4. The predicted molar refractivity (Wildman–Crippen MR) is 88.9 cm³/mol. The molecule has 0 radical (unpaired) electrons. The van der Waals surface area contributed by atoms with E-state index >= 15 is 0 Å². The lowest BCUT2D eigenvalue weighted by Crippen LogP contribution is -2.24. The first-order valence-corrected chi connectivity index (χ1v) is 8.69. The number of carbonyl (C=O) groups is 1. The second-order valence-electron chi connectivity index (χ2n) is 4.68. The maximum Gasteiger partial charge on any atom is 0.230 e. The van der Waals surface area contributed by atoms with Crippen molar-refractivity contribution in [3.8, 4) is 10.6 Å². The number of amides is 1. The monoisotopic (exact) mass is 346 g/mol. The Morgan fingerprint density at radius 1 is 1.43 bits per heavy atom. The largest absolute Gasteiger partial charge is 0.351 e. The van der Waals surface area contributed by atoms with Crippen LogP contribution in [0.5, 0.6) is 0 Å². The highest BCUT2D eigenvalue weighted by molar-refractivity contribution is 7.99. The third-order valence-corrected chi connectivity index (χ3v) is 4.90. The molecule has 7 nitrogen and oxygen atoms in total. The van der Waals surface area contributed by atoms with Gasteiger partial charge >= 0.3 is 0 Å². The van der Waals surface area contributed by atoms with Crippen LogP contribution in [0.1, 0.15) is 5.56 Å². The number of thiophene rings is 1. The number of aryl methyl sites for hydroxylation is 1. The lowest BCUT2D eigenvalue weighted by molar-refractivity contribution is -0.118. The fourth-order valence-corrected chi connectivity index (χ4v) is 3.24. The van der Waals surface area contributed by atoms with Crippen molar-refractivity contribution in [3.05, 3.63) is 41.4 Å².